The molecule has 0 aromatic rings. The van der Waals surface area contributed by atoms with Gasteiger partial charge in [0.25, 0.3) is 0 Å². The molecule has 2 nitrogen and oxygen atoms in total. The maximum Gasteiger partial charge on any atom is 0.116 e. The second-order valence-corrected chi connectivity index (χ2v) is 2.71. The molecule has 1 saturated heterocycles. The van der Waals surface area contributed by atoms with E-state index in [0.717, 1.165) is 26.0 Å². The number of nitrogens with one attached hydrogen (secondary N) is 1. The lowest BCUT2D eigenvalue weighted by molar-refractivity contribution is -0.0837. The third kappa shape index (κ3) is 1.66. The Morgan fingerprint density at radius 2 is 2.44 bits per heavy atom. The third-order valence-electron chi connectivity index (χ3n) is 1.92. The van der Waals surface area contributed by atoms with Crippen LogP contribution in [0.5, 0.6) is 0 Å². The summed E-state index contributed by atoms with van der Waals surface area (Å²) in [5.41, 5.74) is -0.0295. The van der Waals surface area contributed by atoms with E-state index in [-0.39, 0.29) is 5.72 Å². The molecular weight excluding hydrogens is 114 g/mol. The van der Waals surface area contributed by atoms with Gasteiger partial charge < -0.3 is 4.74 Å². The summed E-state index contributed by atoms with van der Waals surface area (Å²) in [6, 6.07) is 0. The highest BCUT2D eigenvalue weighted by Gasteiger charge is 2.23. The summed E-state index contributed by atoms with van der Waals surface area (Å²) in [4.78, 5) is 0. The largest absolute Gasteiger partial charge is 0.361 e. The quantitative estimate of drug-likeness (QED) is 0.573. The average Bonchev–Trinajstić information content (AvgIpc) is 1.90. The zero-order valence-electron chi connectivity index (χ0n) is 6.24. The van der Waals surface area contributed by atoms with Crippen LogP contribution in [0.4, 0.5) is 0 Å². The molecule has 2 heteroatoms. The van der Waals surface area contributed by atoms with Crippen molar-refractivity contribution < 1.29 is 4.74 Å². The van der Waals surface area contributed by atoms with Crippen molar-refractivity contribution in [3.05, 3.63) is 0 Å². The van der Waals surface area contributed by atoms with Crippen LogP contribution in [0.2, 0.25) is 0 Å². The van der Waals surface area contributed by atoms with Gasteiger partial charge in [-0.15, -0.1) is 0 Å². The van der Waals surface area contributed by atoms with Gasteiger partial charge in [-0.05, 0) is 26.3 Å². The molecule has 0 aromatic carbocycles. The van der Waals surface area contributed by atoms with Crippen molar-refractivity contribution in [1.82, 2.24) is 5.32 Å². The van der Waals surface area contributed by atoms with Gasteiger partial charge in [-0.2, -0.15) is 0 Å². The van der Waals surface area contributed by atoms with Crippen LogP contribution < -0.4 is 5.32 Å². The van der Waals surface area contributed by atoms with Crippen molar-refractivity contribution in [2.24, 2.45) is 0 Å². The van der Waals surface area contributed by atoms with E-state index in [1.54, 1.807) is 0 Å². The van der Waals surface area contributed by atoms with Crippen molar-refractivity contribution in [2.45, 2.75) is 32.4 Å². The van der Waals surface area contributed by atoms with Crippen LogP contribution in [-0.2, 0) is 4.74 Å². The van der Waals surface area contributed by atoms with Gasteiger partial charge in [0.1, 0.15) is 5.72 Å². The maximum absolute atomic E-state index is 5.50. The highest BCUT2D eigenvalue weighted by molar-refractivity contribution is 4.73. The Balaban J connectivity index is 2.37. The number of hydrogen-bond donors (Lipinski definition) is 1. The number of rotatable bonds is 1. The van der Waals surface area contributed by atoms with Crippen LogP contribution in [0, 0.1) is 0 Å². The molecule has 0 bridgehead atoms. The summed E-state index contributed by atoms with van der Waals surface area (Å²) in [6.45, 7) is 6.26. The van der Waals surface area contributed by atoms with Crippen LogP contribution in [0.1, 0.15) is 26.7 Å². The summed E-state index contributed by atoms with van der Waals surface area (Å²) in [5, 5.41) is 3.32. The minimum absolute atomic E-state index is 0.0295. The molecule has 0 aliphatic carbocycles. The highest BCUT2D eigenvalue weighted by Crippen LogP contribution is 2.14. The second-order valence-electron chi connectivity index (χ2n) is 2.71. The zero-order valence-corrected chi connectivity index (χ0v) is 6.24. The van der Waals surface area contributed by atoms with Crippen LogP contribution >= 0.6 is 0 Å². The van der Waals surface area contributed by atoms with E-state index in [1.807, 2.05) is 0 Å². The van der Waals surface area contributed by atoms with E-state index in [2.05, 4.69) is 19.2 Å². The molecule has 1 unspecified atom stereocenters. The predicted octanol–water partition coefficient (Wildman–Crippen LogP) is 1.12. The van der Waals surface area contributed by atoms with Crippen LogP contribution in [0.25, 0.3) is 0 Å². The molecule has 1 aliphatic heterocycles. The van der Waals surface area contributed by atoms with Gasteiger partial charge in [0.05, 0.1) is 6.61 Å². The lowest BCUT2D eigenvalue weighted by atomic mass is 10.1. The Labute approximate surface area is 56.6 Å². The predicted molar refractivity (Wildman–Crippen MR) is 37.3 cm³/mol. The molecule has 0 spiro atoms. The maximum atomic E-state index is 5.50. The first kappa shape index (κ1) is 7.03. The average molecular weight is 129 g/mol. The van der Waals surface area contributed by atoms with E-state index in [4.69, 9.17) is 4.74 Å². The SMILES string of the molecule is CCC1(C)NCCCO1. The van der Waals surface area contributed by atoms with E-state index in [1.165, 1.54) is 0 Å². The van der Waals surface area contributed by atoms with Crippen LogP contribution in [0.3, 0.4) is 0 Å². The van der Waals surface area contributed by atoms with Crippen LogP contribution in [-0.4, -0.2) is 18.9 Å². The van der Waals surface area contributed by atoms with Crippen molar-refractivity contribution in [1.29, 1.82) is 0 Å². The topological polar surface area (TPSA) is 21.3 Å². The van der Waals surface area contributed by atoms with E-state index >= 15 is 0 Å². The van der Waals surface area contributed by atoms with E-state index in [0.29, 0.717) is 0 Å². The van der Waals surface area contributed by atoms with Crippen LogP contribution in [0.15, 0.2) is 0 Å². The molecule has 1 aliphatic rings. The first-order valence-corrected chi connectivity index (χ1v) is 3.66. The summed E-state index contributed by atoms with van der Waals surface area (Å²) in [7, 11) is 0. The van der Waals surface area contributed by atoms with E-state index < -0.39 is 0 Å². The molecule has 9 heavy (non-hydrogen) atoms. The molecule has 54 valence electrons. The minimum atomic E-state index is -0.0295. The molecule has 0 amide bonds. The van der Waals surface area contributed by atoms with Gasteiger partial charge in [-0.3, -0.25) is 5.32 Å². The zero-order chi connectivity index (χ0) is 6.74. The molecule has 0 aromatic heterocycles. The van der Waals surface area contributed by atoms with Crippen molar-refractivity contribution >= 4 is 0 Å². The fourth-order valence-electron chi connectivity index (χ4n) is 1.00. The molecule has 1 heterocycles. The summed E-state index contributed by atoms with van der Waals surface area (Å²) in [6.07, 6.45) is 2.20. The molecule has 1 atom stereocenters. The second kappa shape index (κ2) is 2.67. The first-order chi connectivity index (χ1) is 4.27. The van der Waals surface area contributed by atoms with Gasteiger partial charge >= 0.3 is 0 Å². The van der Waals surface area contributed by atoms with Crippen molar-refractivity contribution in [2.75, 3.05) is 13.2 Å². The Morgan fingerprint density at radius 1 is 1.67 bits per heavy atom. The number of hydrogen-bond acceptors (Lipinski definition) is 2. The fraction of sp³-hybridized carbons (Fsp3) is 1.00. The summed E-state index contributed by atoms with van der Waals surface area (Å²) < 4.78 is 5.50. The molecule has 0 radical (unpaired) electrons. The first-order valence-electron chi connectivity index (χ1n) is 3.66. The number of ether oxygens (including phenoxy) is 1. The fourth-order valence-corrected chi connectivity index (χ4v) is 1.00. The van der Waals surface area contributed by atoms with Gasteiger partial charge in [0.15, 0.2) is 0 Å². The molecule has 1 N–H and O–H groups in total. The lowest BCUT2D eigenvalue weighted by Crippen LogP contribution is -2.48. The molecule has 1 fully saturated rings. The highest BCUT2D eigenvalue weighted by atomic mass is 16.5. The van der Waals surface area contributed by atoms with Crippen molar-refractivity contribution in [3.63, 3.8) is 0 Å². The summed E-state index contributed by atoms with van der Waals surface area (Å²) >= 11 is 0. The Hall–Kier alpha value is -0.0800. The van der Waals surface area contributed by atoms with Gasteiger partial charge in [0.2, 0.25) is 0 Å². The van der Waals surface area contributed by atoms with E-state index in [9.17, 15) is 0 Å². The summed E-state index contributed by atoms with van der Waals surface area (Å²) in [5.74, 6) is 0. The normalized spacial score (nSPS) is 36.7. The lowest BCUT2D eigenvalue weighted by Gasteiger charge is -2.33. The molecule has 1 rings (SSSR count). The Morgan fingerprint density at radius 3 is 2.78 bits per heavy atom. The standard InChI is InChI=1S/C7H15NO/c1-3-7(2)8-5-4-6-9-7/h8H,3-6H2,1-2H3. The Kier molecular flexibility index (Phi) is 2.09. The monoisotopic (exact) mass is 129 g/mol. The Bertz CT molecular complexity index is 86.9. The van der Waals surface area contributed by atoms with Gasteiger partial charge in [-0.25, -0.2) is 0 Å². The third-order valence-corrected chi connectivity index (χ3v) is 1.92. The van der Waals surface area contributed by atoms with Crippen molar-refractivity contribution in [3.8, 4) is 0 Å². The molecule has 0 saturated carbocycles. The van der Waals surface area contributed by atoms with Gasteiger partial charge in [0, 0.05) is 0 Å². The minimum Gasteiger partial charge on any atom is -0.361 e. The smallest absolute Gasteiger partial charge is 0.116 e. The molecular formula is C7H15NO. The van der Waals surface area contributed by atoms with Gasteiger partial charge in [-0.1, -0.05) is 6.92 Å².